The molecule has 0 unspecified atom stereocenters. The number of halogens is 2. The summed E-state index contributed by atoms with van der Waals surface area (Å²) in [6, 6.07) is 5.64. The fourth-order valence-corrected chi connectivity index (χ4v) is 1.78. The van der Waals surface area contributed by atoms with Crippen LogP contribution < -0.4 is 10.5 Å². The molecule has 0 spiro atoms. The summed E-state index contributed by atoms with van der Waals surface area (Å²) in [7, 11) is 0. The lowest BCUT2D eigenvalue weighted by molar-refractivity contribution is -0.384. The number of aromatic nitrogens is 1. The van der Waals surface area contributed by atoms with E-state index in [1.54, 1.807) is 6.07 Å². The van der Waals surface area contributed by atoms with Gasteiger partial charge < -0.3 is 10.5 Å². The van der Waals surface area contributed by atoms with Crippen LogP contribution in [0.1, 0.15) is 0 Å². The second-order valence-corrected chi connectivity index (χ2v) is 4.24. The summed E-state index contributed by atoms with van der Waals surface area (Å²) >= 11 is 11.7. The summed E-state index contributed by atoms with van der Waals surface area (Å²) in [5.41, 5.74) is 5.22. The lowest BCUT2D eigenvalue weighted by Gasteiger charge is -2.08. The molecule has 2 N–H and O–H groups in total. The lowest BCUT2D eigenvalue weighted by Crippen LogP contribution is -1.93. The Morgan fingerprint density at radius 2 is 2.00 bits per heavy atom. The molecule has 98 valence electrons. The van der Waals surface area contributed by atoms with Gasteiger partial charge in [-0.25, -0.2) is 4.98 Å². The average molecular weight is 300 g/mol. The fraction of sp³-hybridized carbons (Fsp3) is 0. The summed E-state index contributed by atoms with van der Waals surface area (Å²) in [6.07, 6.45) is 1.46. The van der Waals surface area contributed by atoms with Crippen molar-refractivity contribution in [2.45, 2.75) is 0 Å². The summed E-state index contributed by atoms with van der Waals surface area (Å²) in [5.74, 6) is 0.879. The van der Waals surface area contributed by atoms with E-state index in [4.69, 9.17) is 33.7 Å². The highest BCUT2D eigenvalue weighted by atomic mass is 35.5. The van der Waals surface area contributed by atoms with Gasteiger partial charge in [0.1, 0.15) is 27.4 Å². The maximum Gasteiger partial charge on any atom is 0.289 e. The van der Waals surface area contributed by atoms with Crippen molar-refractivity contribution in [3.63, 3.8) is 0 Å². The van der Waals surface area contributed by atoms with Crippen molar-refractivity contribution in [2.24, 2.45) is 0 Å². The monoisotopic (exact) mass is 299 g/mol. The lowest BCUT2D eigenvalue weighted by atomic mass is 10.3. The summed E-state index contributed by atoms with van der Waals surface area (Å²) in [4.78, 5) is 13.9. The minimum Gasteiger partial charge on any atom is -0.456 e. The van der Waals surface area contributed by atoms with Crippen LogP contribution in [-0.2, 0) is 0 Å². The van der Waals surface area contributed by atoms with E-state index in [0.29, 0.717) is 5.75 Å². The molecule has 0 aliphatic heterocycles. The van der Waals surface area contributed by atoms with Crippen LogP contribution in [0.3, 0.4) is 0 Å². The van der Waals surface area contributed by atoms with E-state index in [-0.39, 0.29) is 27.3 Å². The SMILES string of the molecule is Nc1cc(Oc2ccc([N+](=O)[O-])c(Cl)c2Cl)ccn1. The first-order valence-corrected chi connectivity index (χ1v) is 5.76. The molecule has 0 amide bonds. The molecule has 2 aromatic rings. The molecule has 6 nitrogen and oxygen atoms in total. The first-order chi connectivity index (χ1) is 8.99. The van der Waals surface area contributed by atoms with Gasteiger partial charge in [0.15, 0.2) is 0 Å². The highest BCUT2D eigenvalue weighted by Crippen LogP contribution is 2.40. The van der Waals surface area contributed by atoms with Crippen LogP contribution in [-0.4, -0.2) is 9.91 Å². The van der Waals surface area contributed by atoms with E-state index < -0.39 is 4.92 Å². The van der Waals surface area contributed by atoms with E-state index in [2.05, 4.69) is 4.98 Å². The molecule has 0 bridgehead atoms. The summed E-state index contributed by atoms with van der Waals surface area (Å²) < 4.78 is 5.45. The molecule has 0 saturated heterocycles. The summed E-state index contributed by atoms with van der Waals surface area (Å²) in [5, 5.41) is 10.5. The number of nitrogen functional groups attached to an aromatic ring is 1. The Morgan fingerprint density at radius 1 is 1.26 bits per heavy atom. The van der Waals surface area contributed by atoms with Crippen LogP contribution in [0.25, 0.3) is 0 Å². The Kier molecular flexibility index (Phi) is 3.73. The Balaban J connectivity index is 2.37. The normalized spacial score (nSPS) is 10.2. The molecule has 0 fully saturated rings. The molecule has 0 aliphatic carbocycles. The Labute approximate surface area is 117 Å². The van der Waals surface area contributed by atoms with Crippen molar-refractivity contribution < 1.29 is 9.66 Å². The van der Waals surface area contributed by atoms with Crippen molar-refractivity contribution >= 4 is 34.7 Å². The zero-order valence-corrected chi connectivity index (χ0v) is 10.9. The minimum atomic E-state index is -0.623. The van der Waals surface area contributed by atoms with E-state index in [1.165, 1.54) is 24.4 Å². The Hall–Kier alpha value is -2.05. The number of ether oxygens (including phenoxy) is 1. The van der Waals surface area contributed by atoms with E-state index in [0.717, 1.165) is 0 Å². The molecule has 2 rings (SSSR count). The highest BCUT2D eigenvalue weighted by molar-refractivity contribution is 6.44. The molecule has 1 heterocycles. The number of anilines is 1. The quantitative estimate of drug-likeness (QED) is 0.689. The van der Waals surface area contributed by atoms with E-state index in [9.17, 15) is 10.1 Å². The van der Waals surface area contributed by atoms with Crippen LogP contribution in [0.2, 0.25) is 10.0 Å². The topological polar surface area (TPSA) is 91.3 Å². The number of hydrogen-bond donors (Lipinski definition) is 1. The van der Waals surface area contributed by atoms with Gasteiger partial charge in [0.05, 0.1) is 4.92 Å². The number of nitrogens with two attached hydrogens (primary N) is 1. The molecule has 0 atom stereocenters. The predicted molar refractivity (Wildman–Crippen MR) is 71.8 cm³/mol. The van der Waals surface area contributed by atoms with Gasteiger partial charge in [0.25, 0.3) is 5.69 Å². The zero-order chi connectivity index (χ0) is 14.0. The van der Waals surface area contributed by atoms with Gasteiger partial charge in [-0.3, -0.25) is 10.1 Å². The zero-order valence-electron chi connectivity index (χ0n) is 9.34. The number of pyridine rings is 1. The second-order valence-electron chi connectivity index (χ2n) is 3.49. The van der Waals surface area contributed by atoms with Crippen LogP contribution in [0.5, 0.6) is 11.5 Å². The van der Waals surface area contributed by atoms with Gasteiger partial charge in [-0.2, -0.15) is 0 Å². The molecule has 0 aliphatic rings. The van der Waals surface area contributed by atoms with E-state index in [1.807, 2.05) is 0 Å². The van der Waals surface area contributed by atoms with Gasteiger partial charge >= 0.3 is 0 Å². The fourth-order valence-electron chi connectivity index (χ4n) is 1.36. The number of hydrogen-bond acceptors (Lipinski definition) is 5. The smallest absolute Gasteiger partial charge is 0.289 e. The van der Waals surface area contributed by atoms with Crippen LogP contribution in [0.4, 0.5) is 11.5 Å². The van der Waals surface area contributed by atoms with Crippen molar-refractivity contribution in [2.75, 3.05) is 5.73 Å². The Morgan fingerprint density at radius 3 is 2.63 bits per heavy atom. The van der Waals surface area contributed by atoms with Gasteiger partial charge in [-0.05, 0) is 12.1 Å². The Bertz CT molecular complexity index is 649. The average Bonchev–Trinajstić information content (AvgIpc) is 2.35. The number of nitrogens with zero attached hydrogens (tertiary/aromatic N) is 2. The van der Waals surface area contributed by atoms with Gasteiger partial charge in [0.2, 0.25) is 0 Å². The molecular weight excluding hydrogens is 293 g/mol. The van der Waals surface area contributed by atoms with Crippen molar-refractivity contribution in [1.82, 2.24) is 4.98 Å². The highest BCUT2D eigenvalue weighted by Gasteiger charge is 2.19. The molecule has 1 aromatic heterocycles. The maximum absolute atomic E-state index is 10.7. The third-order valence-electron chi connectivity index (χ3n) is 2.20. The molecule has 0 radical (unpaired) electrons. The predicted octanol–water partition coefficient (Wildman–Crippen LogP) is 3.67. The minimum absolute atomic E-state index is 0.0359. The van der Waals surface area contributed by atoms with Crippen molar-refractivity contribution in [3.8, 4) is 11.5 Å². The van der Waals surface area contributed by atoms with Crippen molar-refractivity contribution in [3.05, 3.63) is 50.6 Å². The molecule has 0 saturated carbocycles. The van der Waals surface area contributed by atoms with Crippen molar-refractivity contribution in [1.29, 1.82) is 0 Å². The standard InChI is InChI=1S/C11H7Cl2N3O3/c12-10-7(16(17)18)1-2-8(11(10)13)19-6-3-4-15-9(14)5-6/h1-5H,(H2,14,15). The van der Waals surface area contributed by atoms with Gasteiger partial charge in [0, 0.05) is 18.3 Å². The third kappa shape index (κ3) is 2.86. The van der Waals surface area contributed by atoms with Crippen LogP contribution in [0, 0.1) is 10.1 Å². The van der Waals surface area contributed by atoms with E-state index >= 15 is 0 Å². The largest absolute Gasteiger partial charge is 0.456 e. The number of nitro groups is 1. The van der Waals surface area contributed by atoms with Crippen LogP contribution in [0.15, 0.2) is 30.5 Å². The number of rotatable bonds is 3. The maximum atomic E-state index is 10.7. The second kappa shape index (κ2) is 5.29. The first kappa shape index (κ1) is 13.4. The van der Waals surface area contributed by atoms with Crippen LogP contribution >= 0.6 is 23.2 Å². The van der Waals surface area contributed by atoms with Gasteiger partial charge in [-0.15, -0.1) is 0 Å². The van der Waals surface area contributed by atoms with Gasteiger partial charge in [-0.1, -0.05) is 23.2 Å². The third-order valence-corrected chi connectivity index (χ3v) is 3.06. The summed E-state index contributed by atoms with van der Waals surface area (Å²) in [6.45, 7) is 0. The number of nitro benzene ring substituents is 1. The molecular formula is C11H7Cl2N3O3. The molecule has 19 heavy (non-hydrogen) atoms. The molecule has 1 aromatic carbocycles. The molecule has 8 heteroatoms. The number of benzene rings is 1. The first-order valence-electron chi connectivity index (χ1n) is 5.01.